The van der Waals surface area contributed by atoms with Crippen molar-refractivity contribution in [2.24, 2.45) is 0 Å². The van der Waals surface area contributed by atoms with Gasteiger partial charge in [-0.2, -0.15) is 0 Å². The first-order valence-electron chi connectivity index (χ1n) is 19.6. The zero-order valence-electron chi connectivity index (χ0n) is 32.1. The van der Waals surface area contributed by atoms with Crippen molar-refractivity contribution < 1.29 is 30.6 Å². The van der Waals surface area contributed by atoms with Gasteiger partial charge in [0.15, 0.2) is 0 Å². The molecule has 6 heteroatoms. The quantitative estimate of drug-likeness (QED) is 0.162. The van der Waals surface area contributed by atoms with Gasteiger partial charge >= 0.3 is 0 Å². The molecule has 5 nitrogen and oxygen atoms in total. The van der Waals surface area contributed by atoms with Gasteiger partial charge in [0.05, 0.1) is 27.9 Å². The number of nitrogens with zero attached hydrogens (tertiary/aromatic N) is 3. The third-order valence-corrected chi connectivity index (χ3v) is 11.1. The maximum Gasteiger partial charge on any atom is 0.148 e. The van der Waals surface area contributed by atoms with Gasteiger partial charge in [0.25, 0.3) is 0 Å². The van der Waals surface area contributed by atoms with Crippen molar-refractivity contribution in [3.05, 3.63) is 206 Å². The van der Waals surface area contributed by atoms with E-state index in [0.29, 0.717) is 11.4 Å². The van der Waals surface area contributed by atoms with Gasteiger partial charge in [-0.1, -0.05) is 169 Å². The van der Waals surface area contributed by atoms with Gasteiger partial charge in [-0.15, -0.1) is 11.6 Å². The summed E-state index contributed by atoms with van der Waals surface area (Å²) in [5.74, 6) is 0.784. The molecule has 0 atom stereocenters. The van der Waals surface area contributed by atoms with Crippen molar-refractivity contribution in [1.82, 2.24) is 14.5 Å². The summed E-state index contributed by atoms with van der Waals surface area (Å²) < 4.78 is 8.77. The number of imidazole rings is 1. The minimum atomic E-state index is 0. The maximum absolute atomic E-state index is 11.3. The molecule has 0 saturated carbocycles. The van der Waals surface area contributed by atoms with Crippen LogP contribution in [0.5, 0.6) is 5.75 Å². The molecule has 0 amide bonds. The smallest absolute Gasteiger partial charge is 0.148 e. The third kappa shape index (κ3) is 6.41. The van der Waals surface area contributed by atoms with Gasteiger partial charge in [-0.3, -0.25) is 9.55 Å². The van der Waals surface area contributed by atoms with E-state index in [1.165, 1.54) is 11.1 Å². The standard InChI is InChI=1S/C54H34N3O2.Pt/c58-49-24-11-8-19-43(49)54-56-53-42(21-13-23-48(53)57(54)47-22-10-7-18-41(47)38-16-5-2-6-17-38)45-32-40(34-51-52(45)44-20-9-12-25-50(44)59-51)46-33-39(30-31-55-46)37-28-26-36(27-29-37)35-14-3-1-4-15-35;/h1-31,33-34,58H;/q-1;. The molecule has 0 saturated heterocycles. The van der Waals surface area contributed by atoms with Crippen molar-refractivity contribution in [3.63, 3.8) is 0 Å². The summed E-state index contributed by atoms with van der Waals surface area (Å²) in [5, 5.41) is 13.3. The van der Waals surface area contributed by atoms with Gasteiger partial charge < -0.3 is 9.52 Å². The molecule has 288 valence electrons. The number of pyridine rings is 1. The number of aromatic nitrogens is 3. The molecule has 0 aliphatic rings. The largest absolute Gasteiger partial charge is 0.507 e. The number of para-hydroxylation sites is 4. The van der Waals surface area contributed by atoms with Crippen molar-refractivity contribution in [1.29, 1.82) is 0 Å². The fourth-order valence-electron chi connectivity index (χ4n) is 8.29. The molecule has 3 aromatic heterocycles. The molecule has 1 N–H and O–H groups in total. The number of phenolic OH excluding ortho intramolecular Hbond substituents is 1. The Kier molecular flexibility index (Phi) is 9.52. The average Bonchev–Trinajstić information content (AvgIpc) is 3.88. The Hall–Kier alpha value is -7.33. The zero-order valence-corrected chi connectivity index (χ0v) is 34.3. The van der Waals surface area contributed by atoms with E-state index in [1.54, 1.807) is 6.07 Å². The zero-order chi connectivity index (χ0) is 39.3. The van der Waals surface area contributed by atoms with Crippen LogP contribution >= 0.6 is 0 Å². The SMILES string of the molecule is Oc1ccccc1-c1nc2c(-c3[c-]c(-c4cc(-c5ccc(-c6ccccc6)cc5)ccn4)cc4oc5ccccc5c34)cccc2n1-c1ccccc1-c1ccccc1.[Pt]. The first-order chi connectivity index (χ1) is 29.2. The number of fused-ring (bicyclic) bond motifs is 4. The van der Waals surface area contributed by atoms with Gasteiger partial charge in [-0.05, 0) is 75.0 Å². The van der Waals surface area contributed by atoms with Crippen LogP contribution in [-0.2, 0) is 21.1 Å². The van der Waals surface area contributed by atoms with Crippen LogP contribution in [-0.4, -0.2) is 19.6 Å². The van der Waals surface area contributed by atoms with Gasteiger partial charge in [0.2, 0.25) is 0 Å². The van der Waals surface area contributed by atoms with Crippen LogP contribution < -0.4 is 0 Å². The Balaban J connectivity index is 0.00000433. The van der Waals surface area contributed by atoms with Crippen LogP contribution in [0.25, 0.3) is 106 Å². The van der Waals surface area contributed by atoms with E-state index in [4.69, 9.17) is 14.4 Å². The second-order valence-electron chi connectivity index (χ2n) is 14.6. The fourth-order valence-corrected chi connectivity index (χ4v) is 8.29. The molecule has 11 aromatic rings. The van der Waals surface area contributed by atoms with Crippen molar-refractivity contribution in [3.8, 4) is 78.6 Å². The molecular weight excluding hydrogens is 918 g/mol. The topological polar surface area (TPSA) is 64.1 Å². The Morgan fingerprint density at radius 1 is 0.517 bits per heavy atom. The van der Waals surface area contributed by atoms with Crippen LogP contribution in [0.15, 0.2) is 205 Å². The summed E-state index contributed by atoms with van der Waals surface area (Å²) in [6, 6.07) is 69.6. The van der Waals surface area contributed by atoms with Crippen LogP contribution in [0.3, 0.4) is 0 Å². The summed E-state index contributed by atoms with van der Waals surface area (Å²) >= 11 is 0. The summed E-state index contributed by atoms with van der Waals surface area (Å²) in [6.45, 7) is 0. The van der Waals surface area contributed by atoms with Crippen LogP contribution in [0.4, 0.5) is 0 Å². The normalized spacial score (nSPS) is 11.3. The van der Waals surface area contributed by atoms with Gasteiger partial charge in [0.1, 0.15) is 17.2 Å². The monoisotopic (exact) mass is 951 g/mol. The Labute approximate surface area is 361 Å². The Morgan fingerprint density at radius 2 is 1.15 bits per heavy atom. The number of rotatable bonds is 7. The first-order valence-corrected chi connectivity index (χ1v) is 19.6. The average molecular weight is 952 g/mol. The minimum Gasteiger partial charge on any atom is -0.507 e. The van der Waals surface area contributed by atoms with Crippen LogP contribution in [0.1, 0.15) is 0 Å². The van der Waals surface area contributed by atoms with Gasteiger partial charge in [-0.25, -0.2) is 4.98 Å². The molecule has 0 bridgehead atoms. The van der Waals surface area contributed by atoms with E-state index in [-0.39, 0.29) is 26.8 Å². The van der Waals surface area contributed by atoms with E-state index < -0.39 is 0 Å². The maximum atomic E-state index is 11.3. The van der Waals surface area contributed by atoms with E-state index in [9.17, 15) is 5.11 Å². The van der Waals surface area contributed by atoms with Crippen LogP contribution in [0.2, 0.25) is 0 Å². The molecule has 0 spiro atoms. The molecule has 0 unspecified atom stereocenters. The predicted molar refractivity (Wildman–Crippen MR) is 239 cm³/mol. The molecular formula is C54H34N3O2Pt-. The molecule has 0 radical (unpaired) electrons. The fraction of sp³-hybridized carbons (Fsp3) is 0. The van der Waals surface area contributed by atoms with E-state index >= 15 is 0 Å². The van der Waals surface area contributed by atoms with Crippen molar-refractivity contribution >= 4 is 33.0 Å². The molecule has 0 aliphatic carbocycles. The van der Waals surface area contributed by atoms with E-state index in [0.717, 1.165) is 83.3 Å². The number of aromatic hydroxyl groups is 1. The number of furan rings is 1. The molecule has 0 fully saturated rings. The second kappa shape index (κ2) is 15.4. The summed E-state index contributed by atoms with van der Waals surface area (Å²) in [5.41, 5.74) is 14.7. The van der Waals surface area contributed by atoms with Crippen molar-refractivity contribution in [2.45, 2.75) is 0 Å². The second-order valence-corrected chi connectivity index (χ2v) is 14.6. The van der Waals surface area contributed by atoms with Crippen LogP contribution in [0, 0.1) is 6.07 Å². The Bertz CT molecular complexity index is 3340. The molecule has 11 rings (SSSR count). The third-order valence-electron chi connectivity index (χ3n) is 11.1. The Morgan fingerprint density at radius 3 is 1.93 bits per heavy atom. The minimum absolute atomic E-state index is 0. The number of benzene rings is 8. The van der Waals surface area contributed by atoms with E-state index in [2.05, 4.69) is 132 Å². The van der Waals surface area contributed by atoms with E-state index in [1.807, 2.05) is 72.9 Å². The molecule has 0 aliphatic heterocycles. The van der Waals surface area contributed by atoms with Gasteiger partial charge in [0, 0.05) is 38.5 Å². The molecule has 60 heavy (non-hydrogen) atoms. The molecule has 8 aromatic carbocycles. The number of hydrogen-bond acceptors (Lipinski definition) is 4. The first kappa shape index (κ1) is 37.0. The number of hydrogen-bond donors (Lipinski definition) is 1. The summed E-state index contributed by atoms with van der Waals surface area (Å²) in [4.78, 5) is 10.3. The van der Waals surface area contributed by atoms with Crippen molar-refractivity contribution in [2.75, 3.05) is 0 Å². The predicted octanol–water partition coefficient (Wildman–Crippen LogP) is 13.8. The number of phenols is 1. The molecule has 3 heterocycles. The summed E-state index contributed by atoms with van der Waals surface area (Å²) in [7, 11) is 0. The summed E-state index contributed by atoms with van der Waals surface area (Å²) in [6.07, 6.45) is 1.86.